The Kier molecular flexibility index (Phi) is 5.57. The predicted octanol–water partition coefficient (Wildman–Crippen LogP) is 2.47. The van der Waals surface area contributed by atoms with E-state index in [2.05, 4.69) is 4.98 Å². The summed E-state index contributed by atoms with van der Waals surface area (Å²) in [5.74, 6) is 0.323. The van der Waals surface area contributed by atoms with Crippen LogP contribution in [0.15, 0.2) is 42.6 Å². The van der Waals surface area contributed by atoms with Gasteiger partial charge in [-0.15, -0.1) is 0 Å². The van der Waals surface area contributed by atoms with Crippen molar-refractivity contribution in [2.75, 3.05) is 20.8 Å². The zero-order chi connectivity index (χ0) is 16.7. The zero-order valence-electron chi connectivity index (χ0n) is 12.9. The first-order valence-corrected chi connectivity index (χ1v) is 6.87. The fraction of sp³-hybridized carbons (Fsp3) is 0.176. The number of hydrogen-bond donors (Lipinski definition) is 1. The monoisotopic (exact) mass is 315 g/mol. The van der Waals surface area contributed by atoms with Crippen LogP contribution in [0.5, 0.6) is 11.5 Å². The number of nitrogens with one attached hydrogen (secondary N) is 1. The molecule has 0 saturated heterocycles. The first-order valence-electron chi connectivity index (χ1n) is 6.87. The minimum absolute atomic E-state index is 0.296. The molecule has 0 radical (unpaired) electrons. The first kappa shape index (κ1) is 16.4. The van der Waals surface area contributed by atoms with Gasteiger partial charge >= 0.3 is 5.97 Å². The highest BCUT2D eigenvalue weighted by molar-refractivity contribution is 5.97. The van der Waals surface area contributed by atoms with Crippen LogP contribution in [0.3, 0.4) is 0 Å². The molecule has 2 rings (SSSR count). The number of hydrogen-bond acceptors (Lipinski definition) is 5. The lowest BCUT2D eigenvalue weighted by Crippen LogP contribution is -2.12. The van der Waals surface area contributed by atoms with E-state index < -0.39 is 5.97 Å². The summed E-state index contributed by atoms with van der Waals surface area (Å²) >= 11 is 0. The SMILES string of the molecule is COc1ccc(OC)c(/C=C/C(=O)OCC(=O)c2ccc[nH]2)c1. The molecule has 1 aromatic carbocycles. The number of rotatable bonds is 7. The number of aromatic nitrogens is 1. The average Bonchev–Trinajstić information content (AvgIpc) is 3.12. The van der Waals surface area contributed by atoms with Gasteiger partial charge in [0, 0.05) is 17.8 Å². The minimum Gasteiger partial charge on any atom is -0.497 e. The van der Waals surface area contributed by atoms with Gasteiger partial charge in [0.25, 0.3) is 0 Å². The number of ether oxygens (including phenoxy) is 3. The second kappa shape index (κ2) is 7.84. The van der Waals surface area contributed by atoms with Gasteiger partial charge in [-0.05, 0) is 36.4 Å². The first-order chi connectivity index (χ1) is 11.1. The minimum atomic E-state index is -0.616. The van der Waals surface area contributed by atoms with Crippen LogP contribution in [-0.4, -0.2) is 37.6 Å². The van der Waals surface area contributed by atoms with Crippen LogP contribution >= 0.6 is 0 Å². The fourth-order valence-electron chi connectivity index (χ4n) is 1.89. The van der Waals surface area contributed by atoms with Crippen molar-refractivity contribution in [2.24, 2.45) is 0 Å². The van der Waals surface area contributed by atoms with Crippen LogP contribution in [0.1, 0.15) is 16.1 Å². The quantitative estimate of drug-likeness (QED) is 0.482. The van der Waals surface area contributed by atoms with Crippen molar-refractivity contribution in [1.82, 2.24) is 4.98 Å². The van der Waals surface area contributed by atoms with Crippen LogP contribution in [0.2, 0.25) is 0 Å². The Morgan fingerprint density at radius 3 is 2.65 bits per heavy atom. The number of methoxy groups -OCH3 is 2. The Bertz CT molecular complexity index is 704. The highest BCUT2D eigenvalue weighted by Gasteiger charge is 2.09. The molecule has 6 nitrogen and oxygen atoms in total. The highest BCUT2D eigenvalue weighted by atomic mass is 16.5. The molecule has 0 aliphatic carbocycles. The molecule has 23 heavy (non-hydrogen) atoms. The number of benzene rings is 1. The van der Waals surface area contributed by atoms with E-state index in [4.69, 9.17) is 14.2 Å². The van der Waals surface area contributed by atoms with Gasteiger partial charge in [-0.2, -0.15) is 0 Å². The van der Waals surface area contributed by atoms with Crippen LogP contribution in [0.4, 0.5) is 0 Å². The topological polar surface area (TPSA) is 77.6 Å². The summed E-state index contributed by atoms with van der Waals surface area (Å²) in [6, 6.07) is 8.53. The smallest absolute Gasteiger partial charge is 0.331 e. The lowest BCUT2D eigenvalue weighted by molar-refractivity contribution is -0.136. The molecule has 0 fully saturated rings. The zero-order valence-corrected chi connectivity index (χ0v) is 12.9. The molecule has 0 bridgehead atoms. The summed E-state index contributed by atoms with van der Waals surface area (Å²) in [4.78, 5) is 26.2. The van der Waals surface area contributed by atoms with Crippen molar-refractivity contribution in [1.29, 1.82) is 0 Å². The highest BCUT2D eigenvalue weighted by Crippen LogP contribution is 2.25. The largest absolute Gasteiger partial charge is 0.497 e. The Hall–Kier alpha value is -3.02. The Morgan fingerprint density at radius 2 is 2.00 bits per heavy atom. The number of ketones is 1. The number of esters is 1. The molecule has 6 heteroatoms. The van der Waals surface area contributed by atoms with Crippen molar-refractivity contribution >= 4 is 17.8 Å². The number of carbonyl (C=O) groups is 2. The third kappa shape index (κ3) is 4.47. The summed E-state index contributed by atoms with van der Waals surface area (Å²) < 4.78 is 15.2. The molecule has 1 heterocycles. The lowest BCUT2D eigenvalue weighted by Gasteiger charge is -2.07. The predicted molar refractivity (Wildman–Crippen MR) is 84.7 cm³/mol. The maximum atomic E-state index is 11.7. The normalized spacial score (nSPS) is 10.5. The molecule has 0 spiro atoms. The van der Waals surface area contributed by atoms with Crippen LogP contribution < -0.4 is 9.47 Å². The molecule has 0 unspecified atom stereocenters. The second-order valence-electron chi connectivity index (χ2n) is 4.56. The van der Waals surface area contributed by atoms with Gasteiger partial charge in [0.2, 0.25) is 5.78 Å². The molecule has 0 aliphatic rings. The van der Waals surface area contributed by atoms with E-state index in [1.165, 1.54) is 13.2 Å². The fourth-order valence-corrected chi connectivity index (χ4v) is 1.89. The summed E-state index contributed by atoms with van der Waals surface area (Å²) in [7, 11) is 3.09. The van der Waals surface area contributed by atoms with E-state index in [1.54, 1.807) is 49.7 Å². The van der Waals surface area contributed by atoms with Gasteiger partial charge in [-0.3, -0.25) is 4.79 Å². The summed E-state index contributed by atoms with van der Waals surface area (Å²) in [5, 5.41) is 0. The second-order valence-corrected chi connectivity index (χ2v) is 4.56. The van der Waals surface area contributed by atoms with Gasteiger partial charge in [0.05, 0.1) is 19.9 Å². The standard InChI is InChI=1S/C17H17NO5/c1-21-13-6-7-16(22-2)12(10-13)5-8-17(20)23-11-15(19)14-4-3-9-18-14/h3-10,18H,11H2,1-2H3/b8-5+. The van der Waals surface area contributed by atoms with Crippen LogP contribution in [0.25, 0.3) is 6.08 Å². The molecular weight excluding hydrogens is 298 g/mol. The van der Waals surface area contributed by atoms with Crippen molar-refractivity contribution < 1.29 is 23.8 Å². The van der Waals surface area contributed by atoms with Crippen molar-refractivity contribution in [2.45, 2.75) is 0 Å². The van der Waals surface area contributed by atoms with E-state index >= 15 is 0 Å². The van der Waals surface area contributed by atoms with E-state index in [0.29, 0.717) is 22.8 Å². The molecule has 0 saturated carbocycles. The van der Waals surface area contributed by atoms with Crippen LogP contribution in [-0.2, 0) is 9.53 Å². The summed E-state index contributed by atoms with van der Waals surface area (Å²) in [6.45, 7) is -0.321. The molecule has 2 aromatic rings. The number of carbonyl (C=O) groups excluding carboxylic acids is 2. The Labute approximate surface area is 133 Å². The summed E-state index contributed by atoms with van der Waals surface area (Å²) in [5.41, 5.74) is 1.07. The molecule has 0 atom stereocenters. The average molecular weight is 315 g/mol. The number of aromatic amines is 1. The van der Waals surface area contributed by atoms with Crippen molar-refractivity contribution in [3.63, 3.8) is 0 Å². The van der Waals surface area contributed by atoms with Crippen molar-refractivity contribution in [3.05, 3.63) is 53.9 Å². The van der Waals surface area contributed by atoms with Gasteiger partial charge in [-0.1, -0.05) is 0 Å². The summed E-state index contributed by atoms with van der Waals surface area (Å²) in [6.07, 6.45) is 4.41. The van der Waals surface area contributed by atoms with Gasteiger partial charge in [-0.25, -0.2) is 4.79 Å². The van der Waals surface area contributed by atoms with E-state index in [1.807, 2.05) is 0 Å². The number of H-pyrrole nitrogens is 1. The number of Topliss-reactive ketones (excluding diaryl/α,β-unsaturated/α-hetero) is 1. The van der Waals surface area contributed by atoms with E-state index in [0.717, 1.165) is 0 Å². The third-order valence-corrected chi connectivity index (χ3v) is 3.08. The third-order valence-electron chi connectivity index (χ3n) is 3.08. The Morgan fingerprint density at radius 1 is 1.17 bits per heavy atom. The maximum Gasteiger partial charge on any atom is 0.331 e. The molecular formula is C17H17NO5. The van der Waals surface area contributed by atoms with Gasteiger partial charge in [0.1, 0.15) is 11.5 Å². The molecule has 0 amide bonds. The Balaban J connectivity index is 1.97. The van der Waals surface area contributed by atoms with Crippen molar-refractivity contribution in [3.8, 4) is 11.5 Å². The van der Waals surface area contributed by atoms with E-state index in [9.17, 15) is 9.59 Å². The molecule has 1 N–H and O–H groups in total. The van der Waals surface area contributed by atoms with Gasteiger partial charge in [0.15, 0.2) is 6.61 Å². The molecule has 0 aliphatic heterocycles. The van der Waals surface area contributed by atoms with Crippen LogP contribution in [0, 0.1) is 0 Å². The van der Waals surface area contributed by atoms with Gasteiger partial charge < -0.3 is 19.2 Å². The molecule has 1 aromatic heterocycles. The maximum absolute atomic E-state index is 11.7. The lowest BCUT2D eigenvalue weighted by atomic mass is 10.1. The van der Waals surface area contributed by atoms with E-state index in [-0.39, 0.29) is 12.4 Å². The molecule has 120 valence electrons.